The molecule has 1 aliphatic rings. The van der Waals surface area contributed by atoms with Gasteiger partial charge < -0.3 is 9.80 Å². The van der Waals surface area contributed by atoms with E-state index in [1.54, 1.807) is 9.80 Å². The fourth-order valence-electron chi connectivity index (χ4n) is 3.42. The minimum Gasteiger partial charge on any atom is -0.344 e. The molecule has 0 fully saturated rings. The molecule has 4 nitrogen and oxygen atoms in total. The van der Waals surface area contributed by atoms with Gasteiger partial charge in [-0.2, -0.15) is 0 Å². The van der Waals surface area contributed by atoms with Crippen LogP contribution in [0.15, 0.2) is 54.6 Å². The van der Waals surface area contributed by atoms with Crippen LogP contribution < -0.4 is 0 Å². The first kappa shape index (κ1) is 17.2. The third-order valence-electron chi connectivity index (χ3n) is 4.69. The molecule has 0 bridgehead atoms. The highest BCUT2D eigenvalue weighted by atomic mass is 16.2. The molecule has 0 radical (unpaired) electrons. The van der Waals surface area contributed by atoms with E-state index in [4.69, 9.17) is 0 Å². The highest BCUT2D eigenvalue weighted by Crippen LogP contribution is 2.33. The molecule has 0 aliphatic carbocycles. The Balaban J connectivity index is 1.99. The molecule has 1 atom stereocenters. The molecule has 0 N–H and O–H groups in total. The van der Waals surface area contributed by atoms with Crippen LogP contribution in [0.1, 0.15) is 36.1 Å². The van der Waals surface area contributed by atoms with E-state index in [2.05, 4.69) is 0 Å². The molecular formula is C21H24N2O2. The Morgan fingerprint density at radius 3 is 2.52 bits per heavy atom. The van der Waals surface area contributed by atoms with Gasteiger partial charge in [0.2, 0.25) is 11.8 Å². The van der Waals surface area contributed by atoms with Crippen LogP contribution in [0.25, 0.3) is 0 Å². The van der Waals surface area contributed by atoms with Crippen molar-refractivity contribution in [1.82, 2.24) is 9.80 Å². The van der Waals surface area contributed by atoms with E-state index in [0.717, 1.165) is 23.1 Å². The molecular weight excluding hydrogens is 312 g/mol. The number of carbonyl (C=O) groups excluding carboxylic acids is 2. The van der Waals surface area contributed by atoms with Crippen molar-refractivity contribution in [1.29, 1.82) is 0 Å². The molecule has 1 heterocycles. The first-order chi connectivity index (χ1) is 12.1. The number of benzene rings is 2. The van der Waals surface area contributed by atoms with E-state index >= 15 is 0 Å². The van der Waals surface area contributed by atoms with E-state index in [0.29, 0.717) is 19.5 Å². The summed E-state index contributed by atoms with van der Waals surface area (Å²) in [6.45, 7) is 3.18. The summed E-state index contributed by atoms with van der Waals surface area (Å²) in [5.74, 6) is -0.0101. The average molecular weight is 336 g/mol. The molecule has 3 rings (SSSR count). The van der Waals surface area contributed by atoms with Crippen molar-refractivity contribution >= 4 is 11.8 Å². The molecule has 0 aromatic heterocycles. The Kier molecular flexibility index (Phi) is 5.17. The number of hydrogen-bond acceptors (Lipinski definition) is 2. The van der Waals surface area contributed by atoms with Gasteiger partial charge in [-0.05, 0) is 23.1 Å². The maximum absolute atomic E-state index is 13.1. The second-order valence-electron chi connectivity index (χ2n) is 6.55. The SMILES string of the molecule is CCCN(C)C(=O)[C@H]1c2ccccc2CC(=O)N1Cc1ccccc1. The van der Waals surface area contributed by atoms with Crippen LogP contribution in [0.5, 0.6) is 0 Å². The van der Waals surface area contributed by atoms with Crippen molar-refractivity contribution in [3.05, 3.63) is 71.3 Å². The highest BCUT2D eigenvalue weighted by molar-refractivity contribution is 5.92. The van der Waals surface area contributed by atoms with Gasteiger partial charge >= 0.3 is 0 Å². The Hall–Kier alpha value is -2.62. The molecule has 1 aliphatic heterocycles. The van der Waals surface area contributed by atoms with E-state index < -0.39 is 6.04 Å². The fraction of sp³-hybridized carbons (Fsp3) is 0.333. The third-order valence-corrected chi connectivity index (χ3v) is 4.69. The monoisotopic (exact) mass is 336 g/mol. The Labute approximate surface area is 149 Å². The summed E-state index contributed by atoms with van der Waals surface area (Å²) in [4.78, 5) is 29.4. The van der Waals surface area contributed by atoms with E-state index in [1.807, 2.05) is 68.6 Å². The first-order valence-corrected chi connectivity index (χ1v) is 8.78. The lowest BCUT2D eigenvalue weighted by Gasteiger charge is -2.38. The van der Waals surface area contributed by atoms with Crippen LogP contribution in [0.3, 0.4) is 0 Å². The lowest BCUT2D eigenvalue weighted by molar-refractivity contribution is -0.147. The zero-order chi connectivity index (χ0) is 17.8. The predicted octanol–water partition coefficient (Wildman–Crippen LogP) is 3.18. The van der Waals surface area contributed by atoms with Crippen molar-refractivity contribution in [2.24, 2.45) is 0 Å². The van der Waals surface area contributed by atoms with E-state index in [9.17, 15) is 9.59 Å². The van der Waals surface area contributed by atoms with Gasteiger partial charge in [-0.1, -0.05) is 61.5 Å². The minimum absolute atomic E-state index is 0.00537. The summed E-state index contributed by atoms with van der Waals surface area (Å²) in [7, 11) is 1.81. The second-order valence-corrected chi connectivity index (χ2v) is 6.55. The number of likely N-dealkylation sites (N-methyl/N-ethyl adjacent to an activating group) is 1. The van der Waals surface area contributed by atoms with Gasteiger partial charge in [0.05, 0.1) is 6.42 Å². The lowest BCUT2D eigenvalue weighted by atomic mass is 9.90. The maximum atomic E-state index is 13.1. The average Bonchev–Trinajstić information content (AvgIpc) is 2.63. The molecule has 2 aromatic carbocycles. The Morgan fingerprint density at radius 2 is 1.80 bits per heavy atom. The molecule has 2 amide bonds. The largest absolute Gasteiger partial charge is 0.344 e. The van der Waals surface area contributed by atoms with Gasteiger partial charge in [0.15, 0.2) is 0 Å². The molecule has 0 unspecified atom stereocenters. The van der Waals surface area contributed by atoms with Crippen LogP contribution in [-0.4, -0.2) is 35.2 Å². The highest BCUT2D eigenvalue weighted by Gasteiger charge is 2.38. The first-order valence-electron chi connectivity index (χ1n) is 8.78. The van der Waals surface area contributed by atoms with Crippen molar-refractivity contribution in [2.45, 2.75) is 32.4 Å². The molecule has 0 saturated heterocycles. The smallest absolute Gasteiger partial charge is 0.249 e. The maximum Gasteiger partial charge on any atom is 0.249 e. The predicted molar refractivity (Wildman–Crippen MR) is 97.8 cm³/mol. The van der Waals surface area contributed by atoms with Crippen molar-refractivity contribution in [3.8, 4) is 0 Å². The number of carbonyl (C=O) groups is 2. The van der Waals surface area contributed by atoms with Gasteiger partial charge in [0.1, 0.15) is 6.04 Å². The molecule has 0 saturated carbocycles. The molecule has 25 heavy (non-hydrogen) atoms. The number of amides is 2. The normalized spacial score (nSPS) is 16.5. The summed E-state index contributed by atoms with van der Waals surface area (Å²) in [6, 6.07) is 17.1. The molecule has 130 valence electrons. The van der Waals surface area contributed by atoms with Crippen LogP contribution >= 0.6 is 0 Å². The van der Waals surface area contributed by atoms with Gasteiger partial charge in [-0.15, -0.1) is 0 Å². The van der Waals surface area contributed by atoms with E-state index in [1.165, 1.54) is 0 Å². The number of hydrogen-bond donors (Lipinski definition) is 0. The van der Waals surface area contributed by atoms with Gasteiger partial charge in [-0.25, -0.2) is 0 Å². The summed E-state index contributed by atoms with van der Waals surface area (Å²) in [5.41, 5.74) is 2.94. The van der Waals surface area contributed by atoms with E-state index in [-0.39, 0.29) is 11.8 Å². The van der Waals surface area contributed by atoms with Crippen LogP contribution in [-0.2, 0) is 22.6 Å². The fourth-order valence-corrected chi connectivity index (χ4v) is 3.42. The third kappa shape index (κ3) is 3.58. The summed E-state index contributed by atoms with van der Waals surface area (Å²) >= 11 is 0. The zero-order valence-corrected chi connectivity index (χ0v) is 14.8. The minimum atomic E-state index is -0.547. The topological polar surface area (TPSA) is 40.6 Å². The van der Waals surface area contributed by atoms with Crippen LogP contribution in [0.4, 0.5) is 0 Å². The summed E-state index contributed by atoms with van der Waals surface area (Å²) in [6.07, 6.45) is 1.24. The van der Waals surface area contributed by atoms with Gasteiger partial charge in [0, 0.05) is 20.1 Å². The van der Waals surface area contributed by atoms with Crippen molar-refractivity contribution in [2.75, 3.05) is 13.6 Å². The van der Waals surface area contributed by atoms with Gasteiger partial charge in [-0.3, -0.25) is 9.59 Å². The standard InChI is InChI=1S/C21H24N2O2/c1-3-13-22(2)21(25)20-18-12-8-7-11-17(18)14-19(24)23(20)15-16-9-5-4-6-10-16/h4-12,20H,3,13-15H2,1-2H3/t20-/m1/s1. The number of nitrogens with zero attached hydrogens (tertiary/aromatic N) is 2. The summed E-state index contributed by atoms with van der Waals surface area (Å²) in [5, 5.41) is 0. The molecule has 2 aromatic rings. The van der Waals surface area contributed by atoms with Crippen LogP contribution in [0.2, 0.25) is 0 Å². The quantitative estimate of drug-likeness (QED) is 0.841. The molecule has 0 spiro atoms. The number of fused-ring (bicyclic) bond motifs is 1. The van der Waals surface area contributed by atoms with Crippen molar-refractivity contribution < 1.29 is 9.59 Å². The Bertz CT molecular complexity index is 758. The van der Waals surface area contributed by atoms with Crippen molar-refractivity contribution in [3.63, 3.8) is 0 Å². The van der Waals surface area contributed by atoms with Crippen LogP contribution in [0, 0.1) is 0 Å². The Morgan fingerprint density at radius 1 is 1.12 bits per heavy atom. The second kappa shape index (κ2) is 7.51. The lowest BCUT2D eigenvalue weighted by Crippen LogP contribution is -2.47. The molecule has 4 heteroatoms. The number of rotatable bonds is 5. The summed E-state index contributed by atoms with van der Waals surface area (Å²) < 4.78 is 0. The van der Waals surface area contributed by atoms with Gasteiger partial charge in [0.25, 0.3) is 0 Å². The zero-order valence-electron chi connectivity index (χ0n) is 14.8.